The largest absolute Gasteiger partial charge is 0.451 e. The van der Waals surface area contributed by atoms with Crippen LogP contribution in [0.1, 0.15) is 52.7 Å². The van der Waals surface area contributed by atoms with Crippen molar-refractivity contribution in [1.82, 2.24) is 5.32 Å². The van der Waals surface area contributed by atoms with Gasteiger partial charge in [-0.1, -0.05) is 37.1 Å². The zero-order chi connectivity index (χ0) is 19.7. The van der Waals surface area contributed by atoms with E-state index in [9.17, 15) is 13.2 Å². The first kappa shape index (κ1) is 19.2. The zero-order valence-corrected chi connectivity index (χ0v) is 17.3. The Kier molecular flexibility index (Phi) is 5.29. The minimum Gasteiger partial charge on any atom is -0.451 e. The maximum atomic E-state index is 13.2. The summed E-state index contributed by atoms with van der Waals surface area (Å²) in [4.78, 5) is 14.3. The van der Waals surface area contributed by atoms with Gasteiger partial charge in [-0.3, -0.25) is 4.79 Å². The summed E-state index contributed by atoms with van der Waals surface area (Å²) in [5.41, 5.74) is 0.965. The van der Waals surface area contributed by atoms with Gasteiger partial charge in [-0.2, -0.15) is 0 Å². The summed E-state index contributed by atoms with van der Waals surface area (Å²) in [5, 5.41) is 5.83. The smallest absolute Gasteiger partial charge is 0.287 e. The van der Waals surface area contributed by atoms with Crippen LogP contribution in [0.4, 0.5) is 0 Å². The van der Waals surface area contributed by atoms with E-state index in [-0.39, 0.29) is 23.5 Å². The van der Waals surface area contributed by atoms with Gasteiger partial charge in [0, 0.05) is 22.1 Å². The number of carbonyl (C=O) groups is 1. The highest BCUT2D eigenvalue weighted by atomic mass is 32.2. The van der Waals surface area contributed by atoms with Gasteiger partial charge >= 0.3 is 0 Å². The molecule has 0 spiro atoms. The van der Waals surface area contributed by atoms with Crippen LogP contribution in [0.5, 0.6) is 0 Å². The van der Waals surface area contributed by atoms with Crippen LogP contribution in [0, 0.1) is 5.92 Å². The lowest BCUT2D eigenvalue weighted by Crippen LogP contribution is -2.32. The second-order valence-corrected chi connectivity index (χ2v) is 10.6. The Labute approximate surface area is 168 Å². The van der Waals surface area contributed by atoms with E-state index in [4.69, 9.17) is 4.42 Å². The van der Waals surface area contributed by atoms with Crippen molar-refractivity contribution in [3.8, 4) is 0 Å². The van der Waals surface area contributed by atoms with Gasteiger partial charge in [0.15, 0.2) is 15.6 Å². The monoisotopic (exact) mass is 417 g/mol. The van der Waals surface area contributed by atoms with Gasteiger partial charge in [0.2, 0.25) is 0 Å². The van der Waals surface area contributed by atoms with E-state index in [0.29, 0.717) is 22.5 Å². The quantitative estimate of drug-likeness (QED) is 0.631. The van der Waals surface area contributed by atoms with Crippen molar-refractivity contribution in [2.24, 2.45) is 5.92 Å². The third kappa shape index (κ3) is 4.00. The van der Waals surface area contributed by atoms with E-state index in [2.05, 4.69) is 5.32 Å². The maximum Gasteiger partial charge on any atom is 0.287 e. The van der Waals surface area contributed by atoms with Crippen molar-refractivity contribution in [1.29, 1.82) is 0 Å². The predicted molar refractivity (Wildman–Crippen MR) is 111 cm³/mol. The Balaban J connectivity index is 1.70. The van der Waals surface area contributed by atoms with E-state index < -0.39 is 9.84 Å². The molecule has 3 aromatic rings. The number of para-hydroxylation sites is 1. The molecular formula is C21H23NO4S2. The first-order valence-corrected chi connectivity index (χ1v) is 12.4. The average molecular weight is 418 g/mol. The van der Waals surface area contributed by atoms with Crippen molar-refractivity contribution < 1.29 is 17.6 Å². The second-order valence-electron chi connectivity index (χ2n) is 7.49. The lowest BCUT2D eigenvalue weighted by atomic mass is 9.96. The van der Waals surface area contributed by atoms with E-state index in [1.54, 1.807) is 23.5 Å². The van der Waals surface area contributed by atoms with Gasteiger partial charge in [-0.05, 0) is 36.3 Å². The standard InChI is InChI=1S/C21H23NO4S2/c1-28(24,25)13-16-15-9-4-5-10-17(15)26-20(16)21(23)22-19(14-7-2-3-8-14)18-11-6-12-27-18/h4-6,9-12,14,19H,2-3,7-8,13H2,1H3,(H,22,23). The summed E-state index contributed by atoms with van der Waals surface area (Å²) in [7, 11) is -3.32. The number of hydrogen-bond acceptors (Lipinski definition) is 5. The van der Waals surface area contributed by atoms with Crippen molar-refractivity contribution in [2.45, 2.75) is 37.5 Å². The predicted octanol–water partition coefficient (Wildman–Crippen LogP) is 4.70. The molecule has 0 aliphatic heterocycles. The fraction of sp³-hybridized carbons (Fsp3) is 0.381. The lowest BCUT2D eigenvalue weighted by molar-refractivity contribution is 0.0896. The average Bonchev–Trinajstić information content (AvgIpc) is 3.40. The van der Waals surface area contributed by atoms with Gasteiger partial charge in [0.25, 0.3) is 5.91 Å². The minimum absolute atomic E-state index is 0.0747. The molecule has 1 aliphatic carbocycles. The van der Waals surface area contributed by atoms with Gasteiger partial charge in [-0.15, -0.1) is 11.3 Å². The van der Waals surface area contributed by atoms with Crippen LogP contribution in [0.15, 0.2) is 46.2 Å². The molecule has 5 nitrogen and oxygen atoms in total. The first-order valence-electron chi connectivity index (χ1n) is 9.45. The molecule has 1 N–H and O–H groups in total. The van der Waals surface area contributed by atoms with Crippen LogP contribution < -0.4 is 5.32 Å². The number of rotatable bonds is 6. The molecular weight excluding hydrogens is 394 g/mol. The van der Waals surface area contributed by atoms with Gasteiger partial charge in [-0.25, -0.2) is 8.42 Å². The highest BCUT2D eigenvalue weighted by Gasteiger charge is 2.31. The summed E-state index contributed by atoms with van der Waals surface area (Å²) in [5.74, 6) is -0.0727. The normalized spacial score (nSPS) is 16.5. The fourth-order valence-corrected chi connectivity index (χ4v) is 5.76. The lowest BCUT2D eigenvalue weighted by Gasteiger charge is -2.23. The van der Waals surface area contributed by atoms with Crippen LogP contribution in [-0.2, 0) is 15.6 Å². The Hall–Kier alpha value is -2.12. The Morgan fingerprint density at radius 1 is 1.21 bits per heavy atom. The highest BCUT2D eigenvalue weighted by molar-refractivity contribution is 7.89. The molecule has 28 heavy (non-hydrogen) atoms. The Morgan fingerprint density at radius 2 is 1.96 bits per heavy atom. The molecule has 2 heterocycles. The number of hydrogen-bond donors (Lipinski definition) is 1. The third-order valence-electron chi connectivity index (χ3n) is 5.32. The van der Waals surface area contributed by atoms with Crippen LogP contribution in [0.25, 0.3) is 11.0 Å². The molecule has 0 saturated heterocycles. The minimum atomic E-state index is -3.32. The zero-order valence-electron chi connectivity index (χ0n) is 15.7. The molecule has 0 radical (unpaired) electrons. The van der Waals surface area contributed by atoms with Crippen LogP contribution in [-0.4, -0.2) is 20.6 Å². The van der Waals surface area contributed by atoms with E-state index in [1.165, 1.54) is 19.1 Å². The number of thiophene rings is 1. The Morgan fingerprint density at radius 3 is 2.64 bits per heavy atom. The summed E-state index contributed by atoms with van der Waals surface area (Å²) in [6, 6.07) is 11.1. The number of carbonyl (C=O) groups excluding carboxylic acids is 1. The molecule has 1 saturated carbocycles. The van der Waals surface area contributed by atoms with Crippen LogP contribution in [0.3, 0.4) is 0 Å². The number of nitrogens with one attached hydrogen (secondary N) is 1. The summed E-state index contributed by atoms with van der Waals surface area (Å²) in [6.45, 7) is 0. The highest BCUT2D eigenvalue weighted by Crippen LogP contribution is 2.38. The number of benzene rings is 1. The van der Waals surface area contributed by atoms with Crippen molar-refractivity contribution in [3.05, 3.63) is 58.0 Å². The van der Waals surface area contributed by atoms with Gasteiger partial charge < -0.3 is 9.73 Å². The van der Waals surface area contributed by atoms with Crippen molar-refractivity contribution in [2.75, 3.05) is 6.26 Å². The number of amides is 1. The van der Waals surface area contributed by atoms with Crippen LogP contribution in [0.2, 0.25) is 0 Å². The van der Waals surface area contributed by atoms with E-state index in [0.717, 1.165) is 17.7 Å². The molecule has 7 heteroatoms. The molecule has 1 fully saturated rings. The van der Waals surface area contributed by atoms with E-state index >= 15 is 0 Å². The topological polar surface area (TPSA) is 76.4 Å². The van der Waals surface area contributed by atoms with Crippen molar-refractivity contribution in [3.63, 3.8) is 0 Å². The SMILES string of the molecule is CS(=O)(=O)Cc1c(C(=O)NC(c2cccs2)C2CCCC2)oc2ccccc12. The molecule has 1 aliphatic rings. The molecule has 1 amide bonds. The molecule has 0 bridgehead atoms. The fourth-order valence-electron chi connectivity index (χ4n) is 4.07. The molecule has 1 atom stereocenters. The number of sulfone groups is 1. The van der Waals surface area contributed by atoms with Crippen molar-refractivity contribution >= 4 is 38.1 Å². The molecule has 1 aromatic carbocycles. The maximum absolute atomic E-state index is 13.2. The second kappa shape index (κ2) is 7.72. The molecule has 148 valence electrons. The summed E-state index contributed by atoms with van der Waals surface area (Å²) < 4.78 is 29.7. The number of fused-ring (bicyclic) bond motifs is 1. The Bertz CT molecular complexity index is 1080. The molecule has 1 unspecified atom stereocenters. The first-order chi connectivity index (χ1) is 13.4. The number of furan rings is 1. The third-order valence-corrected chi connectivity index (χ3v) is 7.09. The molecule has 2 aromatic heterocycles. The molecule has 4 rings (SSSR count). The van der Waals surface area contributed by atoms with Gasteiger partial charge in [0.05, 0.1) is 11.8 Å². The van der Waals surface area contributed by atoms with Gasteiger partial charge in [0.1, 0.15) is 5.58 Å². The van der Waals surface area contributed by atoms with Crippen LogP contribution >= 0.6 is 11.3 Å². The summed E-state index contributed by atoms with van der Waals surface area (Å²) in [6.07, 6.45) is 5.68. The van der Waals surface area contributed by atoms with E-state index in [1.807, 2.05) is 29.6 Å². The summed E-state index contributed by atoms with van der Waals surface area (Å²) >= 11 is 1.63.